The number of benzene rings is 1. The number of hydrogen-bond acceptors (Lipinski definition) is 1. The van der Waals surface area contributed by atoms with Gasteiger partial charge in [-0.25, -0.2) is 0 Å². The van der Waals surface area contributed by atoms with Crippen LogP contribution in [-0.4, -0.2) is 5.75 Å². The minimum Gasteiger partial charge on any atom is -0.126 e. The van der Waals surface area contributed by atoms with Crippen LogP contribution >= 0.6 is 11.8 Å². The van der Waals surface area contributed by atoms with Crippen molar-refractivity contribution < 1.29 is 0 Å². The van der Waals surface area contributed by atoms with Gasteiger partial charge in [0.1, 0.15) is 0 Å². The predicted octanol–water partition coefficient (Wildman–Crippen LogP) is 3.29. The number of thioether (sulfide) groups is 1. The van der Waals surface area contributed by atoms with Gasteiger partial charge in [0, 0.05) is 4.90 Å². The van der Waals surface area contributed by atoms with Crippen LogP contribution in [0.15, 0.2) is 23.1 Å². The zero-order valence-electron chi connectivity index (χ0n) is 7.47. The maximum Gasteiger partial charge on any atom is 0.0107 e. The largest absolute Gasteiger partial charge is 0.126 e. The zero-order chi connectivity index (χ0) is 8.39. The Hall–Kier alpha value is -0.430. The molecule has 1 aromatic carbocycles. The normalized spacial score (nSPS) is 14.8. The smallest absolute Gasteiger partial charge is 0.0107 e. The molecule has 12 heavy (non-hydrogen) atoms. The first-order valence-electron chi connectivity index (χ1n) is 4.65. The Labute approximate surface area is 78.4 Å². The third kappa shape index (κ3) is 1.38. The number of fused-ring (bicyclic) bond motifs is 1. The average molecular weight is 178 g/mol. The molecule has 1 aliphatic carbocycles. The van der Waals surface area contributed by atoms with Gasteiger partial charge in [0.2, 0.25) is 0 Å². The zero-order valence-corrected chi connectivity index (χ0v) is 8.29. The molecule has 0 heterocycles. The highest BCUT2D eigenvalue weighted by atomic mass is 32.2. The number of aryl methyl sites for hydroxylation is 1. The van der Waals surface area contributed by atoms with Crippen LogP contribution in [0.5, 0.6) is 0 Å². The highest BCUT2D eigenvalue weighted by molar-refractivity contribution is 7.99. The summed E-state index contributed by atoms with van der Waals surface area (Å²) in [6.07, 6.45) is 3.96. The number of hydrogen-bond donors (Lipinski definition) is 0. The van der Waals surface area contributed by atoms with Crippen molar-refractivity contribution in [3.8, 4) is 0 Å². The molecule has 0 radical (unpaired) electrons. The molecule has 0 bridgehead atoms. The van der Waals surface area contributed by atoms with Gasteiger partial charge in [0.25, 0.3) is 0 Å². The lowest BCUT2D eigenvalue weighted by atomic mass is 10.1. The Balaban J connectivity index is 2.36. The van der Waals surface area contributed by atoms with Crippen LogP contribution in [0.2, 0.25) is 0 Å². The molecule has 0 saturated carbocycles. The van der Waals surface area contributed by atoms with Gasteiger partial charge in [0.15, 0.2) is 0 Å². The van der Waals surface area contributed by atoms with E-state index in [0.717, 1.165) is 0 Å². The Bertz CT molecular complexity index is 278. The molecule has 0 unspecified atom stereocenters. The van der Waals surface area contributed by atoms with E-state index in [2.05, 4.69) is 25.1 Å². The molecule has 0 amide bonds. The lowest BCUT2D eigenvalue weighted by Crippen LogP contribution is -1.85. The number of rotatable bonds is 2. The maximum atomic E-state index is 2.28. The molecule has 1 heteroatoms. The lowest BCUT2D eigenvalue weighted by molar-refractivity contribution is 0.906. The van der Waals surface area contributed by atoms with Crippen molar-refractivity contribution in [2.45, 2.75) is 31.1 Å². The van der Waals surface area contributed by atoms with E-state index in [1.807, 2.05) is 11.8 Å². The van der Waals surface area contributed by atoms with E-state index >= 15 is 0 Å². The maximum absolute atomic E-state index is 2.28. The van der Waals surface area contributed by atoms with E-state index in [1.54, 1.807) is 11.1 Å². The molecular weight excluding hydrogens is 164 g/mol. The molecule has 2 rings (SSSR count). The Kier molecular flexibility index (Phi) is 2.40. The van der Waals surface area contributed by atoms with E-state index in [-0.39, 0.29) is 0 Å². The summed E-state index contributed by atoms with van der Waals surface area (Å²) in [5.74, 6) is 1.19. The van der Waals surface area contributed by atoms with Gasteiger partial charge in [0.05, 0.1) is 0 Å². The Morgan fingerprint density at radius 3 is 3.08 bits per heavy atom. The van der Waals surface area contributed by atoms with Gasteiger partial charge >= 0.3 is 0 Å². The van der Waals surface area contributed by atoms with Gasteiger partial charge in [-0.2, -0.15) is 0 Å². The monoisotopic (exact) mass is 178 g/mol. The van der Waals surface area contributed by atoms with Crippen molar-refractivity contribution in [3.05, 3.63) is 29.3 Å². The van der Waals surface area contributed by atoms with E-state index < -0.39 is 0 Å². The second-order valence-corrected chi connectivity index (χ2v) is 4.49. The second-order valence-electron chi connectivity index (χ2n) is 3.18. The summed E-state index contributed by atoms with van der Waals surface area (Å²) in [5, 5.41) is 0. The van der Waals surface area contributed by atoms with E-state index in [0.29, 0.717) is 0 Å². The molecule has 0 nitrogen and oxygen atoms in total. The molecule has 1 aromatic rings. The summed E-state index contributed by atoms with van der Waals surface area (Å²) in [5.41, 5.74) is 3.22. The fourth-order valence-electron chi connectivity index (χ4n) is 1.88. The van der Waals surface area contributed by atoms with Gasteiger partial charge in [-0.15, -0.1) is 11.8 Å². The van der Waals surface area contributed by atoms with Gasteiger partial charge in [-0.3, -0.25) is 0 Å². The molecule has 0 N–H and O–H groups in total. The molecule has 0 aliphatic heterocycles. The Morgan fingerprint density at radius 1 is 1.33 bits per heavy atom. The third-order valence-electron chi connectivity index (χ3n) is 2.40. The minimum atomic E-state index is 1.19. The summed E-state index contributed by atoms with van der Waals surface area (Å²) in [6.45, 7) is 2.22. The van der Waals surface area contributed by atoms with Gasteiger partial charge in [-0.1, -0.05) is 19.1 Å². The van der Waals surface area contributed by atoms with E-state index in [9.17, 15) is 0 Å². The second kappa shape index (κ2) is 3.53. The Morgan fingerprint density at radius 2 is 2.25 bits per heavy atom. The van der Waals surface area contributed by atoms with Crippen molar-refractivity contribution in [2.75, 3.05) is 5.75 Å². The van der Waals surface area contributed by atoms with Gasteiger partial charge in [-0.05, 0) is 42.2 Å². The molecule has 0 saturated heterocycles. The van der Waals surface area contributed by atoms with Crippen LogP contribution in [0.4, 0.5) is 0 Å². The molecule has 0 aromatic heterocycles. The highest BCUT2D eigenvalue weighted by Crippen LogP contribution is 2.31. The summed E-state index contributed by atoms with van der Waals surface area (Å²) in [6, 6.07) is 6.74. The van der Waals surface area contributed by atoms with Gasteiger partial charge < -0.3 is 0 Å². The fraction of sp³-hybridized carbons (Fsp3) is 0.455. The average Bonchev–Trinajstić information content (AvgIpc) is 2.53. The van der Waals surface area contributed by atoms with Crippen LogP contribution in [0, 0.1) is 0 Å². The molecule has 0 atom stereocenters. The van der Waals surface area contributed by atoms with Crippen molar-refractivity contribution in [1.82, 2.24) is 0 Å². The molecular formula is C11H14S. The lowest BCUT2D eigenvalue weighted by Gasteiger charge is -2.05. The van der Waals surface area contributed by atoms with E-state index in [4.69, 9.17) is 0 Å². The van der Waals surface area contributed by atoms with Crippen LogP contribution in [-0.2, 0) is 12.8 Å². The van der Waals surface area contributed by atoms with Crippen molar-refractivity contribution in [3.63, 3.8) is 0 Å². The summed E-state index contributed by atoms with van der Waals surface area (Å²) in [7, 11) is 0. The summed E-state index contributed by atoms with van der Waals surface area (Å²) < 4.78 is 0. The minimum absolute atomic E-state index is 1.19. The van der Waals surface area contributed by atoms with Crippen molar-refractivity contribution >= 4 is 11.8 Å². The van der Waals surface area contributed by atoms with Crippen LogP contribution < -0.4 is 0 Å². The summed E-state index contributed by atoms with van der Waals surface area (Å²) in [4.78, 5) is 1.52. The van der Waals surface area contributed by atoms with Crippen molar-refractivity contribution in [2.24, 2.45) is 0 Å². The standard InChI is InChI=1S/C11H14S/c1-2-12-11-8-4-6-9-5-3-7-10(9)11/h4,6,8H,2-3,5,7H2,1H3. The first-order chi connectivity index (χ1) is 5.92. The first kappa shape index (κ1) is 8.18. The highest BCUT2D eigenvalue weighted by Gasteiger charge is 2.13. The topological polar surface area (TPSA) is 0 Å². The van der Waals surface area contributed by atoms with Crippen LogP contribution in [0.1, 0.15) is 24.5 Å². The van der Waals surface area contributed by atoms with Crippen molar-refractivity contribution in [1.29, 1.82) is 0 Å². The first-order valence-corrected chi connectivity index (χ1v) is 5.64. The SMILES string of the molecule is CCSc1cccc2c1CCC2. The van der Waals surface area contributed by atoms with Crippen LogP contribution in [0.3, 0.4) is 0 Å². The third-order valence-corrected chi connectivity index (χ3v) is 3.38. The summed E-state index contributed by atoms with van der Waals surface area (Å²) >= 11 is 1.98. The molecule has 1 aliphatic rings. The predicted molar refractivity (Wildman–Crippen MR) is 54.9 cm³/mol. The fourth-order valence-corrected chi connectivity index (χ4v) is 2.77. The van der Waals surface area contributed by atoms with E-state index in [1.165, 1.54) is 29.9 Å². The molecule has 0 fully saturated rings. The quantitative estimate of drug-likeness (QED) is 0.626. The van der Waals surface area contributed by atoms with Crippen LogP contribution in [0.25, 0.3) is 0 Å². The molecule has 64 valence electrons. The molecule has 0 spiro atoms.